The summed E-state index contributed by atoms with van der Waals surface area (Å²) in [6.07, 6.45) is 1.70. The second kappa shape index (κ2) is 8.81. The second-order valence-corrected chi connectivity index (χ2v) is 6.75. The lowest BCUT2D eigenvalue weighted by Crippen LogP contribution is -2.40. The van der Waals surface area contributed by atoms with Gasteiger partial charge in [-0.15, -0.1) is 0 Å². The standard InChI is InChI=1S/C21H25FN2O2/c1-26-20-4-2-3-17(13-20)14-23-21(25)18-9-11-24(12-10-18)15-16-5-7-19(22)8-6-16/h2-8,13,18H,9-12,14-15H2,1H3,(H,23,25). The molecule has 2 aromatic carbocycles. The molecular weight excluding hydrogens is 331 g/mol. The molecule has 1 fully saturated rings. The Hall–Kier alpha value is -2.40. The summed E-state index contributed by atoms with van der Waals surface area (Å²) < 4.78 is 18.2. The van der Waals surface area contributed by atoms with Crippen LogP contribution in [0.5, 0.6) is 5.75 Å². The summed E-state index contributed by atoms with van der Waals surface area (Å²) >= 11 is 0. The third-order valence-corrected chi connectivity index (χ3v) is 4.88. The summed E-state index contributed by atoms with van der Waals surface area (Å²) in [5.41, 5.74) is 2.14. The highest BCUT2D eigenvalue weighted by Gasteiger charge is 2.24. The summed E-state index contributed by atoms with van der Waals surface area (Å²) in [5, 5.41) is 3.04. The zero-order valence-electron chi connectivity index (χ0n) is 15.1. The molecule has 0 spiro atoms. The summed E-state index contributed by atoms with van der Waals surface area (Å²) in [6.45, 7) is 3.09. The van der Waals surface area contributed by atoms with Crippen molar-refractivity contribution in [3.8, 4) is 5.75 Å². The lowest BCUT2D eigenvalue weighted by atomic mass is 9.95. The number of amides is 1. The van der Waals surface area contributed by atoms with Crippen LogP contribution < -0.4 is 10.1 Å². The van der Waals surface area contributed by atoms with Crippen LogP contribution in [0.1, 0.15) is 24.0 Å². The van der Waals surface area contributed by atoms with E-state index in [-0.39, 0.29) is 17.6 Å². The molecule has 0 atom stereocenters. The third-order valence-electron chi connectivity index (χ3n) is 4.88. The highest BCUT2D eigenvalue weighted by atomic mass is 19.1. The fourth-order valence-electron chi connectivity index (χ4n) is 3.32. The van der Waals surface area contributed by atoms with E-state index in [0.29, 0.717) is 6.54 Å². The van der Waals surface area contributed by atoms with Gasteiger partial charge in [0.25, 0.3) is 0 Å². The molecule has 26 heavy (non-hydrogen) atoms. The van der Waals surface area contributed by atoms with Crippen molar-refractivity contribution in [3.05, 3.63) is 65.5 Å². The van der Waals surface area contributed by atoms with Crippen molar-refractivity contribution in [2.75, 3.05) is 20.2 Å². The molecule has 4 nitrogen and oxygen atoms in total. The minimum atomic E-state index is -0.208. The Kier molecular flexibility index (Phi) is 6.23. The SMILES string of the molecule is COc1cccc(CNC(=O)C2CCN(Cc3ccc(F)cc3)CC2)c1. The van der Waals surface area contributed by atoms with Gasteiger partial charge in [0.15, 0.2) is 0 Å². The van der Waals surface area contributed by atoms with Gasteiger partial charge in [0.2, 0.25) is 5.91 Å². The van der Waals surface area contributed by atoms with Gasteiger partial charge in [-0.25, -0.2) is 4.39 Å². The average molecular weight is 356 g/mol. The van der Waals surface area contributed by atoms with Crippen LogP contribution in [0.15, 0.2) is 48.5 Å². The van der Waals surface area contributed by atoms with Crippen LogP contribution in [0, 0.1) is 11.7 Å². The maximum absolute atomic E-state index is 13.0. The number of carbonyl (C=O) groups is 1. The van der Waals surface area contributed by atoms with Crippen molar-refractivity contribution in [1.29, 1.82) is 0 Å². The van der Waals surface area contributed by atoms with E-state index in [2.05, 4.69) is 10.2 Å². The summed E-state index contributed by atoms with van der Waals surface area (Å²) in [5.74, 6) is 0.769. The maximum Gasteiger partial charge on any atom is 0.223 e. The summed E-state index contributed by atoms with van der Waals surface area (Å²) in [7, 11) is 1.64. The van der Waals surface area contributed by atoms with Gasteiger partial charge in [0.1, 0.15) is 11.6 Å². The van der Waals surface area contributed by atoms with Crippen molar-refractivity contribution in [1.82, 2.24) is 10.2 Å². The molecule has 0 radical (unpaired) electrons. The van der Waals surface area contributed by atoms with E-state index in [1.165, 1.54) is 12.1 Å². The van der Waals surface area contributed by atoms with Crippen molar-refractivity contribution in [2.45, 2.75) is 25.9 Å². The molecule has 1 N–H and O–H groups in total. The number of rotatable bonds is 6. The van der Waals surface area contributed by atoms with E-state index in [1.807, 2.05) is 36.4 Å². The number of benzene rings is 2. The van der Waals surface area contributed by atoms with Gasteiger partial charge in [0, 0.05) is 19.0 Å². The molecule has 0 bridgehead atoms. The van der Waals surface area contributed by atoms with Gasteiger partial charge in [-0.1, -0.05) is 24.3 Å². The van der Waals surface area contributed by atoms with Crippen molar-refractivity contribution in [2.24, 2.45) is 5.92 Å². The molecule has 0 unspecified atom stereocenters. The van der Waals surface area contributed by atoms with Crippen LogP contribution in [-0.2, 0) is 17.9 Å². The first kappa shape index (κ1) is 18.4. The number of hydrogen-bond acceptors (Lipinski definition) is 3. The highest BCUT2D eigenvalue weighted by molar-refractivity contribution is 5.78. The van der Waals surface area contributed by atoms with E-state index in [4.69, 9.17) is 4.74 Å². The van der Waals surface area contributed by atoms with E-state index in [9.17, 15) is 9.18 Å². The molecule has 138 valence electrons. The lowest BCUT2D eigenvalue weighted by Gasteiger charge is -2.31. The number of piperidine rings is 1. The normalized spacial score (nSPS) is 15.6. The first-order valence-electron chi connectivity index (χ1n) is 9.01. The van der Waals surface area contributed by atoms with Crippen LogP contribution in [0.3, 0.4) is 0 Å². The number of halogens is 1. The van der Waals surface area contributed by atoms with Crippen LogP contribution in [-0.4, -0.2) is 31.0 Å². The van der Waals surface area contributed by atoms with Crippen LogP contribution in [0.2, 0.25) is 0 Å². The van der Waals surface area contributed by atoms with E-state index >= 15 is 0 Å². The van der Waals surface area contributed by atoms with Gasteiger partial charge in [-0.2, -0.15) is 0 Å². The van der Waals surface area contributed by atoms with Crippen LogP contribution >= 0.6 is 0 Å². The Balaban J connectivity index is 1.43. The Morgan fingerprint density at radius 1 is 1.15 bits per heavy atom. The molecule has 0 aromatic heterocycles. The quantitative estimate of drug-likeness (QED) is 0.863. The highest BCUT2D eigenvalue weighted by Crippen LogP contribution is 2.20. The molecule has 3 rings (SSSR count). The fraction of sp³-hybridized carbons (Fsp3) is 0.381. The summed E-state index contributed by atoms with van der Waals surface area (Å²) in [6, 6.07) is 14.4. The Labute approximate surface area is 154 Å². The Morgan fingerprint density at radius 3 is 2.58 bits per heavy atom. The first-order valence-corrected chi connectivity index (χ1v) is 9.01. The lowest BCUT2D eigenvalue weighted by molar-refractivity contribution is -0.126. The van der Waals surface area contributed by atoms with Gasteiger partial charge < -0.3 is 10.1 Å². The minimum absolute atomic E-state index is 0.0603. The number of likely N-dealkylation sites (tertiary alicyclic amines) is 1. The maximum atomic E-state index is 13.0. The molecule has 1 amide bonds. The number of ether oxygens (including phenoxy) is 1. The molecule has 1 saturated heterocycles. The molecule has 0 saturated carbocycles. The van der Waals surface area contributed by atoms with Gasteiger partial charge in [-0.3, -0.25) is 9.69 Å². The fourth-order valence-corrected chi connectivity index (χ4v) is 3.32. The minimum Gasteiger partial charge on any atom is -0.497 e. The smallest absolute Gasteiger partial charge is 0.223 e. The number of carbonyl (C=O) groups excluding carboxylic acids is 1. The second-order valence-electron chi connectivity index (χ2n) is 6.75. The summed E-state index contributed by atoms with van der Waals surface area (Å²) in [4.78, 5) is 14.7. The molecular formula is C21H25FN2O2. The largest absolute Gasteiger partial charge is 0.497 e. The predicted octanol–water partition coefficient (Wildman–Crippen LogP) is 3.36. The predicted molar refractivity (Wildman–Crippen MR) is 99.2 cm³/mol. The molecule has 2 aromatic rings. The van der Waals surface area contributed by atoms with Crippen molar-refractivity contribution in [3.63, 3.8) is 0 Å². The molecule has 1 heterocycles. The van der Waals surface area contributed by atoms with E-state index in [1.54, 1.807) is 7.11 Å². The van der Waals surface area contributed by atoms with Crippen molar-refractivity contribution >= 4 is 5.91 Å². The third kappa shape index (κ3) is 5.05. The zero-order chi connectivity index (χ0) is 18.4. The monoisotopic (exact) mass is 356 g/mol. The molecule has 1 aliphatic heterocycles. The van der Waals surface area contributed by atoms with Crippen LogP contribution in [0.25, 0.3) is 0 Å². The zero-order valence-corrected chi connectivity index (χ0v) is 15.1. The average Bonchev–Trinajstić information content (AvgIpc) is 2.68. The van der Waals surface area contributed by atoms with Gasteiger partial charge >= 0.3 is 0 Å². The van der Waals surface area contributed by atoms with E-state index in [0.717, 1.165) is 49.4 Å². The Bertz CT molecular complexity index is 725. The van der Waals surface area contributed by atoms with Gasteiger partial charge in [0.05, 0.1) is 7.11 Å². The number of methoxy groups -OCH3 is 1. The van der Waals surface area contributed by atoms with Gasteiger partial charge in [-0.05, 0) is 61.3 Å². The molecule has 1 aliphatic rings. The number of nitrogens with one attached hydrogen (secondary N) is 1. The van der Waals surface area contributed by atoms with Crippen LogP contribution in [0.4, 0.5) is 4.39 Å². The molecule has 5 heteroatoms. The number of hydrogen-bond donors (Lipinski definition) is 1. The van der Waals surface area contributed by atoms with E-state index < -0.39 is 0 Å². The number of nitrogens with zero attached hydrogens (tertiary/aromatic N) is 1. The first-order chi connectivity index (χ1) is 12.6. The van der Waals surface area contributed by atoms with Crippen molar-refractivity contribution < 1.29 is 13.9 Å². The molecule has 0 aliphatic carbocycles. The topological polar surface area (TPSA) is 41.6 Å². The Morgan fingerprint density at radius 2 is 1.88 bits per heavy atom.